The Morgan fingerprint density at radius 2 is 2.12 bits per heavy atom. The molecule has 0 saturated carbocycles. The van der Waals surface area contributed by atoms with Crippen LogP contribution >= 0.6 is 0 Å². The zero-order valence-electron chi connectivity index (χ0n) is 15.2. The van der Waals surface area contributed by atoms with Crippen molar-refractivity contribution in [1.82, 2.24) is 4.90 Å². The Balaban J connectivity index is 1.60. The fourth-order valence-corrected chi connectivity index (χ4v) is 4.30. The van der Waals surface area contributed by atoms with E-state index < -0.39 is 0 Å². The Bertz CT molecular complexity index is 609. The molecule has 25 heavy (non-hydrogen) atoms. The SMILES string of the molecule is COCC1COCCC12CCN(C(=O)Cc1ccc(F)cc1C)CC2. The molecule has 5 heteroatoms. The van der Waals surface area contributed by atoms with Gasteiger partial charge < -0.3 is 14.4 Å². The second-order valence-electron chi connectivity index (χ2n) is 7.47. The molecule has 1 unspecified atom stereocenters. The first-order valence-corrected chi connectivity index (χ1v) is 9.13. The number of hydrogen-bond acceptors (Lipinski definition) is 3. The van der Waals surface area contributed by atoms with Crippen molar-refractivity contribution in [1.29, 1.82) is 0 Å². The van der Waals surface area contributed by atoms with Crippen LogP contribution in [0.25, 0.3) is 0 Å². The number of aryl methyl sites for hydroxylation is 1. The highest BCUT2D eigenvalue weighted by Crippen LogP contribution is 2.44. The van der Waals surface area contributed by atoms with Gasteiger partial charge in [0.05, 0.1) is 19.6 Å². The number of halogens is 1. The van der Waals surface area contributed by atoms with Gasteiger partial charge in [-0.05, 0) is 54.9 Å². The van der Waals surface area contributed by atoms with Crippen molar-refractivity contribution in [3.63, 3.8) is 0 Å². The van der Waals surface area contributed by atoms with Gasteiger partial charge in [0.2, 0.25) is 5.91 Å². The summed E-state index contributed by atoms with van der Waals surface area (Å²) in [5.41, 5.74) is 2.00. The van der Waals surface area contributed by atoms with Crippen LogP contribution in [0.3, 0.4) is 0 Å². The monoisotopic (exact) mass is 349 g/mol. The van der Waals surface area contributed by atoms with E-state index in [0.29, 0.717) is 12.3 Å². The lowest BCUT2D eigenvalue weighted by Crippen LogP contribution is -2.50. The van der Waals surface area contributed by atoms with Crippen LogP contribution in [0.1, 0.15) is 30.4 Å². The lowest BCUT2D eigenvalue weighted by atomic mass is 9.66. The fraction of sp³-hybridized carbons (Fsp3) is 0.650. The van der Waals surface area contributed by atoms with Gasteiger partial charge >= 0.3 is 0 Å². The van der Waals surface area contributed by atoms with Crippen molar-refractivity contribution in [2.24, 2.45) is 11.3 Å². The number of hydrogen-bond donors (Lipinski definition) is 0. The van der Waals surface area contributed by atoms with E-state index in [1.165, 1.54) is 12.1 Å². The molecule has 4 nitrogen and oxygen atoms in total. The van der Waals surface area contributed by atoms with Gasteiger partial charge in [0.25, 0.3) is 0 Å². The number of carbonyl (C=O) groups excluding carboxylic acids is 1. The number of rotatable bonds is 4. The average Bonchev–Trinajstić information content (AvgIpc) is 2.60. The van der Waals surface area contributed by atoms with Crippen LogP contribution in [0.15, 0.2) is 18.2 Å². The van der Waals surface area contributed by atoms with E-state index >= 15 is 0 Å². The van der Waals surface area contributed by atoms with Crippen molar-refractivity contribution < 1.29 is 18.7 Å². The molecule has 2 heterocycles. The molecule has 1 spiro atoms. The first kappa shape index (κ1) is 18.3. The van der Waals surface area contributed by atoms with Crippen LogP contribution in [0.5, 0.6) is 0 Å². The van der Waals surface area contributed by atoms with Crippen molar-refractivity contribution in [3.8, 4) is 0 Å². The summed E-state index contributed by atoms with van der Waals surface area (Å²) in [6.07, 6.45) is 3.43. The molecule has 1 aromatic carbocycles. The van der Waals surface area contributed by atoms with Gasteiger partial charge in [0.15, 0.2) is 0 Å². The third-order valence-corrected chi connectivity index (χ3v) is 6.06. The lowest BCUT2D eigenvalue weighted by molar-refractivity contribution is -0.137. The highest BCUT2D eigenvalue weighted by molar-refractivity contribution is 5.79. The molecule has 138 valence electrons. The summed E-state index contributed by atoms with van der Waals surface area (Å²) < 4.78 is 24.3. The standard InChI is InChI=1S/C20H28FNO3/c1-15-11-18(21)4-3-16(15)12-19(23)22-8-5-20(6-9-22)7-10-25-14-17(20)13-24-2/h3-4,11,17H,5-10,12-14H2,1-2H3. The highest BCUT2D eigenvalue weighted by Gasteiger charge is 2.44. The molecule has 1 aromatic rings. The third-order valence-electron chi connectivity index (χ3n) is 6.06. The van der Waals surface area contributed by atoms with E-state index in [1.54, 1.807) is 13.2 Å². The number of likely N-dealkylation sites (tertiary alicyclic amines) is 1. The van der Waals surface area contributed by atoms with Gasteiger partial charge in [-0.1, -0.05) is 6.07 Å². The number of nitrogens with zero attached hydrogens (tertiary/aromatic N) is 1. The summed E-state index contributed by atoms with van der Waals surface area (Å²) in [5, 5.41) is 0. The van der Waals surface area contributed by atoms with Gasteiger partial charge in [-0.15, -0.1) is 0 Å². The van der Waals surface area contributed by atoms with E-state index in [-0.39, 0.29) is 17.1 Å². The molecule has 2 fully saturated rings. The zero-order valence-corrected chi connectivity index (χ0v) is 15.2. The van der Waals surface area contributed by atoms with Gasteiger partial charge in [0, 0.05) is 32.7 Å². The number of piperidine rings is 1. The molecule has 3 rings (SSSR count). The number of amides is 1. The van der Waals surface area contributed by atoms with Crippen LogP contribution in [-0.4, -0.2) is 50.8 Å². The van der Waals surface area contributed by atoms with Gasteiger partial charge in [0.1, 0.15) is 5.82 Å². The highest BCUT2D eigenvalue weighted by atomic mass is 19.1. The summed E-state index contributed by atoms with van der Waals surface area (Å²) in [4.78, 5) is 14.6. The van der Waals surface area contributed by atoms with E-state index in [9.17, 15) is 9.18 Å². The summed E-state index contributed by atoms with van der Waals surface area (Å²) in [6, 6.07) is 4.64. The van der Waals surface area contributed by atoms with Crippen molar-refractivity contribution in [2.75, 3.05) is 40.0 Å². The van der Waals surface area contributed by atoms with Crippen LogP contribution in [0.2, 0.25) is 0 Å². The van der Waals surface area contributed by atoms with Crippen molar-refractivity contribution in [2.45, 2.75) is 32.6 Å². The van der Waals surface area contributed by atoms with Crippen molar-refractivity contribution >= 4 is 5.91 Å². The summed E-state index contributed by atoms with van der Waals surface area (Å²) >= 11 is 0. The van der Waals surface area contributed by atoms with Gasteiger partial charge in [-0.25, -0.2) is 4.39 Å². The summed E-state index contributed by atoms with van der Waals surface area (Å²) in [5.74, 6) is 0.306. The molecule has 2 saturated heterocycles. The Morgan fingerprint density at radius 3 is 2.80 bits per heavy atom. The van der Waals surface area contributed by atoms with Gasteiger partial charge in [-0.3, -0.25) is 4.79 Å². The molecule has 2 aliphatic heterocycles. The van der Waals surface area contributed by atoms with E-state index in [1.807, 2.05) is 11.8 Å². The molecule has 0 N–H and O–H groups in total. The molecule has 1 amide bonds. The lowest BCUT2D eigenvalue weighted by Gasteiger charge is -2.49. The van der Waals surface area contributed by atoms with Crippen LogP contribution in [0.4, 0.5) is 4.39 Å². The maximum atomic E-state index is 13.2. The van der Waals surface area contributed by atoms with E-state index in [4.69, 9.17) is 9.47 Å². The average molecular weight is 349 g/mol. The van der Waals surface area contributed by atoms with Crippen molar-refractivity contribution in [3.05, 3.63) is 35.1 Å². The minimum absolute atomic E-state index is 0.139. The Hall–Kier alpha value is -1.46. The minimum atomic E-state index is -0.252. The predicted octanol–water partition coefficient (Wildman–Crippen LogP) is 2.97. The molecular formula is C20H28FNO3. The Kier molecular flexibility index (Phi) is 5.74. The number of ether oxygens (including phenoxy) is 2. The number of benzene rings is 1. The van der Waals surface area contributed by atoms with Crippen LogP contribution in [-0.2, 0) is 20.7 Å². The topological polar surface area (TPSA) is 38.8 Å². The molecule has 0 aromatic heterocycles. The Labute approximate surface area is 149 Å². The minimum Gasteiger partial charge on any atom is -0.384 e. The molecule has 0 radical (unpaired) electrons. The number of carbonyl (C=O) groups is 1. The quantitative estimate of drug-likeness (QED) is 0.839. The molecule has 2 aliphatic rings. The third kappa shape index (κ3) is 4.04. The summed E-state index contributed by atoms with van der Waals surface area (Å²) in [7, 11) is 1.74. The second kappa shape index (κ2) is 7.83. The fourth-order valence-electron chi connectivity index (χ4n) is 4.30. The zero-order chi connectivity index (χ0) is 17.9. The predicted molar refractivity (Wildman–Crippen MR) is 93.9 cm³/mol. The molecule has 0 aliphatic carbocycles. The molecular weight excluding hydrogens is 321 g/mol. The van der Waals surface area contributed by atoms with Gasteiger partial charge in [-0.2, -0.15) is 0 Å². The maximum absolute atomic E-state index is 13.2. The largest absolute Gasteiger partial charge is 0.384 e. The van der Waals surface area contributed by atoms with E-state index in [2.05, 4.69) is 0 Å². The van der Waals surface area contributed by atoms with E-state index in [0.717, 1.165) is 63.3 Å². The summed E-state index contributed by atoms with van der Waals surface area (Å²) in [6.45, 7) is 5.73. The maximum Gasteiger partial charge on any atom is 0.226 e. The first-order valence-electron chi connectivity index (χ1n) is 9.13. The smallest absolute Gasteiger partial charge is 0.226 e. The number of methoxy groups -OCH3 is 1. The first-order chi connectivity index (χ1) is 12.0. The molecule has 1 atom stereocenters. The molecule has 0 bridgehead atoms. The van der Waals surface area contributed by atoms with Crippen LogP contribution in [0, 0.1) is 24.1 Å². The second-order valence-corrected chi connectivity index (χ2v) is 7.47. The Morgan fingerprint density at radius 1 is 1.36 bits per heavy atom. The normalized spacial score (nSPS) is 23.0. The van der Waals surface area contributed by atoms with Crippen LogP contribution < -0.4 is 0 Å².